The Bertz CT molecular complexity index is 1650. The standard InChI is InChI=1S/C27H16N2O3/c30-29(31)24-15-14-23-26(32-27(28-23)17-8-2-1-3-9-17)25(24)22-16-18-10-4-5-11-19(18)20-12-6-7-13-21(20)22/h1-16H. The molecule has 0 unspecified atom stereocenters. The molecule has 0 saturated heterocycles. The van der Waals surface area contributed by atoms with Gasteiger partial charge in [0.15, 0.2) is 5.58 Å². The van der Waals surface area contributed by atoms with Crippen LogP contribution in [0, 0.1) is 10.1 Å². The first kappa shape index (κ1) is 18.3. The molecule has 5 nitrogen and oxygen atoms in total. The average Bonchev–Trinajstić information content (AvgIpc) is 3.28. The molecule has 0 spiro atoms. The molecule has 0 aliphatic carbocycles. The maximum atomic E-state index is 12.1. The van der Waals surface area contributed by atoms with Gasteiger partial charge in [0.1, 0.15) is 11.1 Å². The van der Waals surface area contributed by atoms with Gasteiger partial charge in [0.2, 0.25) is 5.89 Å². The number of oxazole rings is 1. The lowest BCUT2D eigenvalue weighted by molar-refractivity contribution is -0.384. The van der Waals surface area contributed by atoms with Gasteiger partial charge in [0.25, 0.3) is 5.69 Å². The van der Waals surface area contributed by atoms with Crippen molar-refractivity contribution in [2.45, 2.75) is 0 Å². The second-order valence-electron chi connectivity index (χ2n) is 7.64. The van der Waals surface area contributed by atoms with Crippen molar-refractivity contribution >= 4 is 38.3 Å². The van der Waals surface area contributed by atoms with Gasteiger partial charge in [-0.05, 0) is 45.8 Å². The molecule has 6 aromatic rings. The van der Waals surface area contributed by atoms with Gasteiger partial charge in [-0.25, -0.2) is 4.98 Å². The first-order chi connectivity index (χ1) is 15.7. The number of nitrogens with zero attached hydrogens (tertiary/aromatic N) is 2. The monoisotopic (exact) mass is 416 g/mol. The summed E-state index contributed by atoms with van der Waals surface area (Å²) in [6, 6.07) is 30.7. The van der Waals surface area contributed by atoms with Crippen LogP contribution in [0.1, 0.15) is 0 Å². The molecular weight excluding hydrogens is 400 g/mol. The summed E-state index contributed by atoms with van der Waals surface area (Å²) in [6.07, 6.45) is 0. The Hall–Kier alpha value is -4.51. The first-order valence-electron chi connectivity index (χ1n) is 10.2. The van der Waals surface area contributed by atoms with Crippen LogP contribution in [0.25, 0.3) is 55.2 Å². The van der Waals surface area contributed by atoms with Gasteiger partial charge < -0.3 is 4.42 Å². The van der Waals surface area contributed by atoms with Crippen molar-refractivity contribution in [3.05, 3.63) is 107 Å². The normalized spacial score (nSPS) is 11.4. The smallest absolute Gasteiger partial charge is 0.281 e. The Balaban J connectivity index is 1.75. The van der Waals surface area contributed by atoms with Crippen LogP contribution in [0.2, 0.25) is 0 Å². The van der Waals surface area contributed by atoms with Crippen LogP contribution in [0.15, 0.2) is 101 Å². The third-order valence-corrected chi connectivity index (χ3v) is 5.79. The van der Waals surface area contributed by atoms with E-state index in [4.69, 9.17) is 4.42 Å². The highest BCUT2D eigenvalue weighted by atomic mass is 16.6. The van der Waals surface area contributed by atoms with Gasteiger partial charge in [-0.15, -0.1) is 0 Å². The van der Waals surface area contributed by atoms with E-state index in [0.29, 0.717) is 22.6 Å². The topological polar surface area (TPSA) is 69.2 Å². The van der Waals surface area contributed by atoms with Crippen molar-refractivity contribution in [1.29, 1.82) is 0 Å². The Kier molecular flexibility index (Phi) is 4.01. The third-order valence-electron chi connectivity index (χ3n) is 5.79. The van der Waals surface area contributed by atoms with Gasteiger partial charge >= 0.3 is 0 Å². The molecule has 1 aromatic heterocycles. The van der Waals surface area contributed by atoms with E-state index in [1.54, 1.807) is 6.07 Å². The molecule has 0 bridgehead atoms. The highest BCUT2D eigenvalue weighted by Crippen LogP contribution is 2.43. The lowest BCUT2D eigenvalue weighted by Gasteiger charge is -2.11. The van der Waals surface area contributed by atoms with Gasteiger partial charge in [-0.3, -0.25) is 10.1 Å². The number of aromatic nitrogens is 1. The zero-order chi connectivity index (χ0) is 21.7. The van der Waals surface area contributed by atoms with Crippen molar-refractivity contribution in [1.82, 2.24) is 4.98 Å². The van der Waals surface area contributed by atoms with Gasteiger partial charge in [-0.2, -0.15) is 0 Å². The number of nitro groups is 1. The molecule has 5 aromatic carbocycles. The maximum absolute atomic E-state index is 12.1. The molecule has 0 N–H and O–H groups in total. The van der Waals surface area contributed by atoms with E-state index in [0.717, 1.165) is 32.7 Å². The summed E-state index contributed by atoms with van der Waals surface area (Å²) in [5, 5.41) is 16.1. The number of benzene rings is 5. The summed E-state index contributed by atoms with van der Waals surface area (Å²) >= 11 is 0. The number of hydrogen-bond donors (Lipinski definition) is 0. The molecular formula is C27H16N2O3. The number of fused-ring (bicyclic) bond motifs is 4. The minimum absolute atomic E-state index is 0.00584. The SMILES string of the molecule is O=[N+]([O-])c1ccc2nc(-c3ccccc3)oc2c1-c1cc2ccccc2c2ccccc12. The highest BCUT2D eigenvalue weighted by Gasteiger charge is 2.25. The number of nitro benzene ring substituents is 1. The lowest BCUT2D eigenvalue weighted by atomic mass is 9.92. The zero-order valence-corrected chi connectivity index (χ0v) is 16.9. The number of rotatable bonds is 3. The molecule has 0 fully saturated rings. The minimum Gasteiger partial charge on any atom is -0.435 e. The van der Waals surface area contributed by atoms with Crippen LogP contribution < -0.4 is 0 Å². The second-order valence-corrected chi connectivity index (χ2v) is 7.64. The fourth-order valence-electron chi connectivity index (χ4n) is 4.36. The minimum atomic E-state index is -0.358. The largest absolute Gasteiger partial charge is 0.435 e. The van der Waals surface area contributed by atoms with Crippen molar-refractivity contribution in [2.24, 2.45) is 0 Å². The molecule has 1 heterocycles. The molecule has 0 aliphatic rings. The van der Waals surface area contributed by atoms with Crippen molar-refractivity contribution in [2.75, 3.05) is 0 Å². The highest BCUT2D eigenvalue weighted by molar-refractivity contribution is 6.16. The Morgan fingerprint density at radius 2 is 1.44 bits per heavy atom. The van der Waals surface area contributed by atoms with Crippen LogP contribution in [0.5, 0.6) is 0 Å². The van der Waals surface area contributed by atoms with Crippen LogP contribution >= 0.6 is 0 Å². The van der Waals surface area contributed by atoms with Crippen LogP contribution in [0.3, 0.4) is 0 Å². The van der Waals surface area contributed by atoms with Gasteiger partial charge in [-0.1, -0.05) is 66.7 Å². The summed E-state index contributed by atoms with van der Waals surface area (Å²) in [4.78, 5) is 16.3. The molecule has 0 atom stereocenters. The van der Waals surface area contributed by atoms with E-state index in [-0.39, 0.29) is 10.6 Å². The summed E-state index contributed by atoms with van der Waals surface area (Å²) < 4.78 is 6.18. The maximum Gasteiger partial charge on any atom is 0.281 e. The van der Waals surface area contributed by atoms with Crippen LogP contribution in [0.4, 0.5) is 5.69 Å². The second kappa shape index (κ2) is 7.03. The van der Waals surface area contributed by atoms with Crippen LogP contribution in [-0.2, 0) is 0 Å². The fraction of sp³-hybridized carbons (Fsp3) is 0. The summed E-state index contributed by atoms with van der Waals surface area (Å²) in [5.41, 5.74) is 3.02. The molecule has 5 heteroatoms. The van der Waals surface area contributed by atoms with E-state index < -0.39 is 0 Å². The summed E-state index contributed by atoms with van der Waals surface area (Å²) in [6.45, 7) is 0. The molecule has 6 rings (SSSR count). The average molecular weight is 416 g/mol. The zero-order valence-electron chi connectivity index (χ0n) is 16.9. The predicted molar refractivity (Wildman–Crippen MR) is 127 cm³/mol. The summed E-state index contributed by atoms with van der Waals surface area (Å²) in [7, 11) is 0. The van der Waals surface area contributed by atoms with Gasteiger partial charge in [0, 0.05) is 17.2 Å². The lowest BCUT2D eigenvalue weighted by Crippen LogP contribution is -1.94. The van der Waals surface area contributed by atoms with Crippen LogP contribution in [-0.4, -0.2) is 9.91 Å². The fourth-order valence-corrected chi connectivity index (χ4v) is 4.36. The Morgan fingerprint density at radius 3 is 2.22 bits per heavy atom. The molecule has 152 valence electrons. The molecule has 0 radical (unpaired) electrons. The molecule has 32 heavy (non-hydrogen) atoms. The summed E-state index contributed by atoms with van der Waals surface area (Å²) in [5.74, 6) is 0.437. The predicted octanol–water partition coefficient (Wildman–Crippen LogP) is 7.38. The quantitative estimate of drug-likeness (QED) is 0.171. The first-order valence-corrected chi connectivity index (χ1v) is 10.2. The van der Waals surface area contributed by atoms with Gasteiger partial charge in [0.05, 0.1) is 4.92 Å². The Morgan fingerprint density at radius 1 is 0.750 bits per heavy atom. The van der Waals surface area contributed by atoms with E-state index in [1.807, 2.05) is 78.9 Å². The molecule has 0 amide bonds. The van der Waals surface area contributed by atoms with E-state index in [1.165, 1.54) is 6.07 Å². The van der Waals surface area contributed by atoms with E-state index >= 15 is 0 Å². The van der Waals surface area contributed by atoms with E-state index in [9.17, 15) is 10.1 Å². The van der Waals surface area contributed by atoms with Crippen molar-refractivity contribution in [3.63, 3.8) is 0 Å². The Labute approximate surface area is 182 Å². The van der Waals surface area contributed by atoms with Crippen molar-refractivity contribution < 1.29 is 9.34 Å². The molecule has 0 saturated carbocycles. The molecule has 0 aliphatic heterocycles. The third kappa shape index (κ3) is 2.76. The van der Waals surface area contributed by atoms with Crippen molar-refractivity contribution in [3.8, 4) is 22.6 Å². The number of hydrogen-bond acceptors (Lipinski definition) is 4. The van der Waals surface area contributed by atoms with E-state index in [2.05, 4.69) is 11.1 Å².